The number of hydrogen-bond acceptors (Lipinski definition) is 7. The smallest absolute Gasteiger partial charge is 0.451 e. The summed E-state index contributed by atoms with van der Waals surface area (Å²) in [6, 6.07) is 0. The summed E-state index contributed by atoms with van der Waals surface area (Å²) in [5.41, 5.74) is 0. The van der Waals surface area contributed by atoms with Gasteiger partial charge in [0.1, 0.15) is 0 Å². The average Bonchev–Trinajstić information content (AvgIpc) is 3.06. The lowest BCUT2D eigenvalue weighted by Gasteiger charge is -2.32. The first-order chi connectivity index (χ1) is 11.0. The predicted molar refractivity (Wildman–Crippen MR) is 62.9 cm³/mol. The Labute approximate surface area is 134 Å². The van der Waals surface area contributed by atoms with Crippen LogP contribution < -0.4 is 0 Å². The minimum Gasteiger partial charge on any atom is -0.451 e. The van der Waals surface area contributed by atoms with E-state index in [1.54, 1.807) is 0 Å². The number of Topliss-reactive ketones (excluding diaryl/α,β-unsaturated/α-hetero) is 1. The van der Waals surface area contributed by atoms with E-state index in [9.17, 15) is 35.9 Å². The van der Waals surface area contributed by atoms with Gasteiger partial charge in [-0.3, -0.25) is 4.79 Å². The second-order valence-corrected chi connectivity index (χ2v) is 6.26. The molecular weight excluding hydrogens is 374 g/mol. The Morgan fingerprint density at radius 1 is 1.17 bits per heavy atom. The maximum absolute atomic E-state index is 14.3. The van der Waals surface area contributed by atoms with E-state index in [0.717, 1.165) is 0 Å². The summed E-state index contributed by atoms with van der Waals surface area (Å²) in [5, 5.41) is 5.50. The van der Waals surface area contributed by atoms with Crippen LogP contribution in [0.15, 0.2) is 0 Å². The SMILES string of the molecule is O=C1C2CCC(C2)C1OC(=O)C(F)(SOOO)C(F)(F)C(F)(F)F. The third kappa shape index (κ3) is 2.97. The molecule has 4 unspecified atom stereocenters. The lowest BCUT2D eigenvalue weighted by atomic mass is 9.96. The van der Waals surface area contributed by atoms with Crippen LogP contribution in [-0.2, 0) is 23.7 Å². The molecule has 0 spiro atoms. The van der Waals surface area contributed by atoms with Crippen molar-refractivity contribution in [3.8, 4) is 0 Å². The summed E-state index contributed by atoms with van der Waals surface area (Å²) in [5.74, 6) is -10.6. The van der Waals surface area contributed by atoms with Gasteiger partial charge in [0.2, 0.25) is 0 Å². The third-order valence-corrected chi connectivity index (χ3v) is 4.80. The molecule has 24 heavy (non-hydrogen) atoms. The van der Waals surface area contributed by atoms with Gasteiger partial charge in [-0.05, 0) is 19.3 Å². The molecule has 2 aliphatic rings. The number of halogens is 6. The van der Waals surface area contributed by atoms with Crippen LogP contribution in [0.2, 0.25) is 0 Å². The third-order valence-electron chi connectivity index (χ3n) is 4.02. The maximum Gasteiger partial charge on any atom is 0.458 e. The van der Waals surface area contributed by atoms with Crippen molar-refractivity contribution in [2.24, 2.45) is 11.8 Å². The highest BCUT2D eigenvalue weighted by atomic mass is 32.2. The zero-order valence-corrected chi connectivity index (χ0v) is 12.3. The molecule has 0 aliphatic heterocycles. The van der Waals surface area contributed by atoms with Crippen LogP contribution >= 0.6 is 12.0 Å². The number of rotatable bonds is 6. The van der Waals surface area contributed by atoms with Crippen LogP contribution in [0.1, 0.15) is 19.3 Å². The molecular formula is C11H10F6O6S. The highest BCUT2D eigenvalue weighted by Gasteiger charge is 2.77. The number of ketones is 1. The fourth-order valence-corrected chi connectivity index (χ4v) is 3.28. The molecule has 0 heterocycles. The molecule has 1 N–H and O–H groups in total. The second kappa shape index (κ2) is 6.35. The summed E-state index contributed by atoms with van der Waals surface area (Å²) in [7, 11) is 0. The van der Waals surface area contributed by atoms with Crippen molar-refractivity contribution >= 4 is 23.8 Å². The summed E-state index contributed by atoms with van der Waals surface area (Å²) < 4.78 is 85.9. The molecule has 6 nitrogen and oxygen atoms in total. The van der Waals surface area contributed by atoms with Gasteiger partial charge >= 0.3 is 23.1 Å². The molecule has 2 aliphatic carbocycles. The molecule has 4 atom stereocenters. The van der Waals surface area contributed by atoms with E-state index in [0.29, 0.717) is 12.8 Å². The maximum atomic E-state index is 14.3. The van der Waals surface area contributed by atoms with Gasteiger partial charge in [0, 0.05) is 11.8 Å². The molecule has 0 radical (unpaired) electrons. The topological polar surface area (TPSA) is 82.1 Å². The van der Waals surface area contributed by atoms with Crippen molar-refractivity contribution < 1.29 is 55.3 Å². The van der Waals surface area contributed by atoms with Gasteiger partial charge < -0.3 is 4.74 Å². The zero-order valence-electron chi connectivity index (χ0n) is 11.5. The van der Waals surface area contributed by atoms with Crippen LogP contribution in [0.4, 0.5) is 26.3 Å². The standard InChI is InChI=1S/C11H10F6O6S/c12-9(24-23-22-20,10(13,14)11(15,16)17)8(19)21-7-5-2-1-4(3-5)6(7)18/h4-5,7,20H,1-3H2. The van der Waals surface area contributed by atoms with Crippen LogP contribution in [0, 0.1) is 11.8 Å². The van der Waals surface area contributed by atoms with Crippen molar-refractivity contribution in [2.45, 2.75) is 42.5 Å². The highest BCUT2D eigenvalue weighted by Crippen LogP contribution is 2.53. The molecule has 2 saturated carbocycles. The number of esters is 1. The molecule has 0 aromatic carbocycles. The van der Waals surface area contributed by atoms with Gasteiger partial charge in [0.15, 0.2) is 11.9 Å². The number of alkyl halides is 6. The van der Waals surface area contributed by atoms with E-state index >= 15 is 0 Å². The van der Waals surface area contributed by atoms with Crippen molar-refractivity contribution in [3.05, 3.63) is 0 Å². The van der Waals surface area contributed by atoms with Gasteiger partial charge in [0.25, 0.3) is 0 Å². The zero-order chi connectivity index (χ0) is 18.3. The van der Waals surface area contributed by atoms with Crippen molar-refractivity contribution in [2.75, 3.05) is 0 Å². The summed E-state index contributed by atoms with van der Waals surface area (Å²) >= 11 is -1.42. The van der Waals surface area contributed by atoms with E-state index < -0.39 is 58.8 Å². The second-order valence-electron chi connectivity index (χ2n) is 5.39. The van der Waals surface area contributed by atoms with E-state index in [4.69, 9.17) is 5.26 Å². The first-order valence-corrected chi connectivity index (χ1v) is 7.24. The Morgan fingerprint density at radius 3 is 2.25 bits per heavy atom. The lowest BCUT2D eigenvalue weighted by Crippen LogP contribution is -2.58. The minimum absolute atomic E-state index is 0.287. The van der Waals surface area contributed by atoms with Gasteiger partial charge in [0.05, 0.1) is 12.0 Å². The molecule has 138 valence electrons. The fourth-order valence-electron chi connectivity index (χ4n) is 2.82. The Morgan fingerprint density at radius 2 is 1.79 bits per heavy atom. The van der Waals surface area contributed by atoms with Crippen molar-refractivity contribution in [3.63, 3.8) is 0 Å². The Balaban J connectivity index is 2.24. The lowest BCUT2D eigenvalue weighted by molar-refractivity contribution is -0.434. The molecule has 2 fully saturated rings. The van der Waals surface area contributed by atoms with Gasteiger partial charge in [-0.15, -0.1) is 4.33 Å². The first-order valence-electron chi connectivity index (χ1n) is 6.50. The largest absolute Gasteiger partial charge is 0.458 e. The monoisotopic (exact) mass is 384 g/mol. The summed E-state index contributed by atoms with van der Waals surface area (Å²) in [4.78, 5) is 23.5. The van der Waals surface area contributed by atoms with E-state index in [1.807, 2.05) is 0 Å². The molecule has 0 amide bonds. The molecule has 0 saturated heterocycles. The first kappa shape index (κ1) is 19.3. The quantitative estimate of drug-likeness (QED) is 0.248. The number of fused-ring (bicyclic) bond motifs is 2. The van der Waals surface area contributed by atoms with Crippen LogP contribution in [0.3, 0.4) is 0 Å². The minimum atomic E-state index is -6.48. The van der Waals surface area contributed by atoms with Gasteiger partial charge in [-0.25, -0.2) is 14.4 Å². The van der Waals surface area contributed by atoms with E-state index in [1.165, 1.54) is 0 Å². The average molecular weight is 384 g/mol. The number of ether oxygens (including phenoxy) is 1. The van der Waals surface area contributed by atoms with Gasteiger partial charge in [-0.1, -0.05) is 5.04 Å². The Hall–Kier alpha value is -1.05. The number of carbonyl (C=O) groups is 2. The fraction of sp³-hybridized carbons (Fsp3) is 0.818. The van der Waals surface area contributed by atoms with Gasteiger partial charge in [-0.2, -0.15) is 22.0 Å². The molecule has 13 heteroatoms. The molecule has 2 rings (SSSR count). The van der Waals surface area contributed by atoms with Crippen molar-refractivity contribution in [1.29, 1.82) is 0 Å². The predicted octanol–water partition coefficient (Wildman–Crippen LogP) is 2.83. The Kier molecular flexibility index (Phi) is 5.10. The van der Waals surface area contributed by atoms with Crippen LogP contribution in [-0.4, -0.2) is 40.2 Å². The van der Waals surface area contributed by atoms with E-state index in [2.05, 4.69) is 14.1 Å². The Bertz CT molecular complexity index is 528. The molecule has 0 aromatic rings. The van der Waals surface area contributed by atoms with Crippen molar-refractivity contribution in [1.82, 2.24) is 0 Å². The summed E-state index contributed by atoms with van der Waals surface area (Å²) in [6.07, 6.45) is -6.91. The number of carbonyl (C=O) groups excluding carboxylic acids is 2. The molecule has 2 bridgehead atoms. The summed E-state index contributed by atoms with van der Waals surface area (Å²) in [6.45, 7) is 0. The van der Waals surface area contributed by atoms with E-state index in [-0.39, 0.29) is 6.42 Å². The normalized spacial score (nSPS) is 29.6. The molecule has 0 aromatic heterocycles. The van der Waals surface area contributed by atoms with Crippen LogP contribution in [0.5, 0.6) is 0 Å². The van der Waals surface area contributed by atoms with Crippen LogP contribution in [0.25, 0.3) is 0 Å². The number of hydrogen-bond donors (Lipinski definition) is 1. The highest BCUT2D eigenvalue weighted by molar-refractivity contribution is 7.96.